The Bertz CT molecular complexity index is 742. The lowest BCUT2D eigenvalue weighted by molar-refractivity contribution is 0.100. The van der Waals surface area contributed by atoms with E-state index in [9.17, 15) is 9.18 Å². The summed E-state index contributed by atoms with van der Waals surface area (Å²) in [7, 11) is 0. The van der Waals surface area contributed by atoms with E-state index in [0.29, 0.717) is 11.1 Å². The van der Waals surface area contributed by atoms with E-state index in [-0.39, 0.29) is 18.2 Å². The number of primary amides is 1. The molecule has 3 nitrogen and oxygen atoms in total. The molecule has 1 aliphatic carbocycles. The van der Waals surface area contributed by atoms with Crippen molar-refractivity contribution >= 4 is 18.3 Å². The van der Waals surface area contributed by atoms with Crippen molar-refractivity contribution in [3.63, 3.8) is 0 Å². The van der Waals surface area contributed by atoms with E-state index < -0.39 is 5.91 Å². The van der Waals surface area contributed by atoms with Gasteiger partial charge in [0, 0.05) is 17.7 Å². The summed E-state index contributed by atoms with van der Waals surface area (Å²) in [5, 5.41) is 3.49. The van der Waals surface area contributed by atoms with E-state index in [1.165, 1.54) is 44.6 Å². The summed E-state index contributed by atoms with van der Waals surface area (Å²) in [6.45, 7) is 1.74. The summed E-state index contributed by atoms with van der Waals surface area (Å²) < 4.78 is 14.2. The Morgan fingerprint density at radius 2 is 1.78 bits per heavy atom. The molecule has 2 aromatic rings. The number of nitrogens with two attached hydrogens (primary N) is 1. The Morgan fingerprint density at radius 3 is 2.44 bits per heavy atom. The van der Waals surface area contributed by atoms with Crippen LogP contribution in [0.1, 0.15) is 54.4 Å². The monoisotopic (exact) mass is 390 g/mol. The van der Waals surface area contributed by atoms with Crippen molar-refractivity contribution in [1.82, 2.24) is 5.32 Å². The number of carbonyl (C=O) groups is 1. The first-order valence-electron chi connectivity index (χ1n) is 9.53. The third-order valence-corrected chi connectivity index (χ3v) is 5.29. The van der Waals surface area contributed by atoms with Crippen molar-refractivity contribution in [3.05, 3.63) is 59.4 Å². The van der Waals surface area contributed by atoms with E-state index in [4.69, 9.17) is 5.73 Å². The molecule has 3 N–H and O–H groups in total. The molecule has 3 rings (SSSR count). The van der Waals surface area contributed by atoms with Gasteiger partial charge in [0.25, 0.3) is 0 Å². The first kappa shape index (κ1) is 21.4. The molecule has 2 aromatic carbocycles. The molecule has 1 aliphatic rings. The molecule has 0 saturated heterocycles. The zero-order valence-electron chi connectivity index (χ0n) is 15.5. The lowest BCUT2D eigenvalue weighted by Gasteiger charge is -2.21. The van der Waals surface area contributed by atoms with Crippen molar-refractivity contribution in [1.29, 1.82) is 0 Å². The minimum absolute atomic E-state index is 0. The fourth-order valence-electron chi connectivity index (χ4n) is 3.73. The average Bonchev–Trinajstić information content (AvgIpc) is 2.67. The number of rotatable bonds is 7. The Morgan fingerprint density at radius 1 is 1.07 bits per heavy atom. The molecule has 0 unspecified atom stereocenters. The molecule has 0 bridgehead atoms. The second kappa shape index (κ2) is 10.4. The van der Waals surface area contributed by atoms with Gasteiger partial charge in [0.1, 0.15) is 5.82 Å². The van der Waals surface area contributed by atoms with Crippen LogP contribution in [0, 0.1) is 11.7 Å². The van der Waals surface area contributed by atoms with Gasteiger partial charge in [0.2, 0.25) is 5.91 Å². The van der Waals surface area contributed by atoms with Crippen LogP contribution in [-0.4, -0.2) is 12.5 Å². The van der Waals surface area contributed by atoms with Crippen LogP contribution >= 0.6 is 12.4 Å². The molecule has 0 radical (unpaired) electrons. The highest BCUT2D eigenvalue weighted by Gasteiger charge is 2.12. The standard InChI is InChI=1S/C22H27FN2O.ClH/c23-21-11-6-17(15-25-13-12-16-4-2-1-3-5-16)14-20(21)18-7-9-19(10-8-18)22(24)26;/h6-11,14,16,25H,1-5,12-13,15H2,(H2,24,26);1H. The van der Waals surface area contributed by atoms with E-state index in [1.807, 2.05) is 12.1 Å². The van der Waals surface area contributed by atoms with Crippen LogP contribution in [0.4, 0.5) is 4.39 Å². The molecule has 0 atom stereocenters. The van der Waals surface area contributed by atoms with Crippen molar-refractivity contribution in [2.45, 2.75) is 45.1 Å². The first-order valence-corrected chi connectivity index (χ1v) is 9.53. The van der Waals surface area contributed by atoms with E-state index in [2.05, 4.69) is 5.32 Å². The van der Waals surface area contributed by atoms with Gasteiger partial charge in [-0.1, -0.05) is 50.3 Å². The minimum Gasteiger partial charge on any atom is -0.366 e. The number of hydrogen-bond acceptors (Lipinski definition) is 2. The Labute approximate surface area is 167 Å². The van der Waals surface area contributed by atoms with Crippen molar-refractivity contribution < 1.29 is 9.18 Å². The topological polar surface area (TPSA) is 55.1 Å². The van der Waals surface area contributed by atoms with Crippen LogP contribution in [0.15, 0.2) is 42.5 Å². The maximum Gasteiger partial charge on any atom is 0.248 e. The highest BCUT2D eigenvalue weighted by atomic mass is 35.5. The highest BCUT2D eigenvalue weighted by molar-refractivity contribution is 5.93. The molecule has 1 saturated carbocycles. The van der Waals surface area contributed by atoms with E-state index in [0.717, 1.165) is 30.1 Å². The molecule has 0 spiro atoms. The summed E-state index contributed by atoms with van der Waals surface area (Å²) in [5.74, 6) is 0.125. The van der Waals surface area contributed by atoms with Gasteiger partial charge in [0.15, 0.2) is 0 Å². The molecule has 5 heteroatoms. The molecular formula is C22H28ClFN2O. The smallest absolute Gasteiger partial charge is 0.248 e. The van der Waals surface area contributed by atoms with Gasteiger partial charge in [-0.3, -0.25) is 4.79 Å². The third-order valence-electron chi connectivity index (χ3n) is 5.29. The van der Waals surface area contributed by atoms with Gasteiger partial charge in [-0.05, 0) is 54.3 Å². The maximum atomic E-state index is 14.2. The first-order chi connectivity index (χ1) is 12.6. The summed E-state index contributed by atoms with van der Waals surface area (Å²) >= 11 is 0. The summed E-state index contributed by atoms with van der Waals surface area (Å²) in [4.78, 5) is 11.2. The number of carbonyl (C=O) groups excluding carboxylic acids is 1. The Hall–Kier alpha value is -1.91. The van der Waals surface area contributed by atoms with Gasteiger partial charge in [-0.2, -0.15) is 0 Å². The molecule has 146 valence electrons. The molecule has 0 aliphatic heterocycles. The van der Waals surface area contributed by atoms with Gasteiger partial charge in [-0.25, -0.2) is 4.39 Å². The predicted molar refractivity (Wildman–Crippen MR) is 111 cm³/mol. The number of hydrogen-bond donors (Lipinski definition) is 2. The summed E-state index contributed by atoms with van der Waals surface area (Å²) in [6.07, 6.45) is 8.10. The van der Waals surface area contributed by atoms with Crippen LogP contribution < -0.4 is 11.1 Å². The van der Waals surface area contributed by atoms with Crippen LogP contribution in [0.3, 0.4) is 0 Å². The molecule has 0 heterocycles. The summed E-state index contributed by atoms with van der Waals surface area (Å²) in [5.41, 5.74) is 8.04. The third kappa shape index (κ3) is 6.05. The minimum atomic E-state index is -0.479. The van der Waals surface area contributed by atoms with Gasteiger partial charge in [0.05, 0.1) is 0 Å². The van der Waals surface area contributed by atoms with E-state index >= 15 is 0 Å². The molecule has 27 heavy (non-hydrogen) atoms. The Balaban J connectivity index is 0.00000261. The number of amides is 1. The number of nitrogens with one attached hydrogen (secondary N) is 1. The molecule has 1 fully saturated rings. The average molecular weight is 391 g/mol. The lowest BCUT2D eigenvalue weighted by Crippen LogP contribution is -2.19. The second-order valence-corrected chi connectivity index (χ2v) is 7.23. The number of halogens is 2. The molecule has 0 aromatic heterocycles. The van der Waals surface area contributed by atoms with Crippen molar-refractivity contribution in [2.75, 3.05) is 6.54 Å². The normalized spacial score (nSPS) is 14.6. The van der Waals surface area contributed by atoms with Gasteiger partial charge < -0.3 is 11.1 Å². The van der Waals surface area contributed by atoms with Crippen molar-refractivity contribution in [3.8, 4) is 11.1 Å². The maximum absolute atomic E-state index is 14.2. The zero-order chi connectivity index (χ0) is 18.4. The van der Waals surface area contributed by atoms with Crippen LogP contribution in [0.2, 0.25) is 0 Å². The van der Waals surface area contributed by atoms with E-state index in [1.54, 1.807) is 24.3 Å². The van der Waals surface area contributed by atoms with Crippen LogP contribution in [-0.2, 0) is 6.54 Å². The Kier molecular flexibility index (Phi) is 8.26. The highest BCUT2D eigenvalue weighted by Crippen LogP contribution is 2.26. The molecular weight excluding hydrogens is 363 g/mol. The zero-order valence-corrected chi connectivity index (χ0v) is 16.4. The second-order valence-electron chi connectivity index (χ2n) is 7.23. The molecule has 1 amide bonds. The van der Waals surface area contributed by atoms with Gasteiger partial charge in [-0.15, -0.1) is 12.4 Å². The largest absolute Gasteiger partial charge is 0.366 e. The summed E-state index contributed by atoms with van der Waals surface area (Å²) in [6, 6.07) is 11.9. The fourth-order valence-corrected chi connectivity index (χ4v) is 3.73. The fraction of sp³-hybridized carbons (Fsp3) is 0.409. The number of benzene rings is 2. The van der Waals surface area contributed by atoms with Crippen molar-refractivity contribution in [2.24, 2.45) is 11.7 Å². The predicted octanol–water partition coefficient (Wildman–Crippen LogP) is 5.07. The van der Waals surface area contributed by atoms with Crippen LogP contribution in [0.5, 0.6) is 0 Å². The lowest BCUT2D eigenvalue weighted by atomic mass is 9.87. The van der Waals surface area contributed by atoms with Crippen LogP contribution in [0.25, 0.3) is 11.1 Å². The van der Waals surface area contributed by atoms with Gasteiger partial charge >= 0.3 is 0 Å². The quantitative estimate of drug-likeness (QED) is 0.648. The SMILES string of the molecule is Cl.NC(=O)c1ccc(-c2cc(CNCCC3CCCCC3)ccc2F)cc1.